The van der Waals surface area contributed by atoms with E-state index in [9.17, 15) is 14.9 Å². The van der Waals surface area contributed by atoms with Crippen LogP contribution in [0.4, 0.5) is 5.69 Å². The maximum atomic E-state index is 12.6. The number of aryl methyl sites for hydroxylation is 2. The number of carbonyl (C=O) groups excluding carboxylic acids is 1. The number of nitrogens with zero attached hydrogens (tertiary/aromatic N) is 2. The van der Waals surface area contributed by atoms with Crippen LogP contribution < -0.4 is 4.57 Å². The van der Waals surface area contributed by atoms with Crippen molar-refractivity contribution in [2.45, 2.75) is 27.3 Å². The molecule has 0 saturated heterocycles. The van der Waals surface area contributed by atoms with Crippen LogP contribution in [0.15, 0.2) is 35.1 Å². The van der Waals surface area contributed by atoms with E-state index in [4.69, 9.17) is 0 Å². The molecule has 0 spiro atoms. The Labute approximate surface area is 136 Å². The second kappa shape index (κ2) is 6.36. The molecule has 0 amide bonds. The number of Topliss-reactive ketones (excluding diaryl/α,β-unsaturated/α-hetero) is 1. The van der Waals surface area contributed by atoms with Crippen molar-refractivity contribution in [2.75, 3.05) is 0 Å². The van der Waals surface area contributed by atoms with E-state index in [0.29, 0.717) is 16.7 Å². The maximum absolute atomic E-state index is 12.6. The smallest absolute Gasteiger partial charge is 0.275 e. The molecule has 6 heteroatoms. The highest BCUT2D eigenvalue weighted by molar-refractivity contribution is 9.10. The maximum Gasteiger partial charge on any atom is 0.275 e. The van der Waals surface area contributed by atoms with Gasteiger partial charge in [0.25, 0.3) is 5.69 Å². The molecular formula is C16H16BrN2O3+. The summed E-state index contributed by atoms with van der Waals surface area (Å²) in [5.41, 5.74) is 2.23. The molecule has 0 aliphatic carbocycles. The molecule has 1 aromatic carbocycles. The summed E-state index contributed by atoms with van der Waals surface area (Å²) in [5.74, 6) is -0.138. The third-order valence-electron chi connectivity index (χ3n) is 3.54. The van der Waals surface area contributed by atoms with Gasteiger partial charge in [0.2, 0.25) is 12.3 Å². The molecule has 22 heavy (non-hydrogen) atoms. The van der Waals surface area contributed by atoms with Gasteiger partial charge in [0, 0.05) is 22.8 Å². The number of rotatable bonds is 4. The standard InChI is InChI=1S/C16H16BrN2O3/c1-10-7-11(2)16(19(21)22)12(3)15(10)14(20)9-18-6-4-5-13(17)8-18/h4-8H,9H2,1-3H3/q+1. The summed E-state index contributed by atoms with van der Waals surface area (Å²) in [4.78, 5) is 23.4. The zero-order chi connectivity index (χ0) is 16.4. The molecule has 0 aliphatic heterocycles. The lowest BCUT2D eigenvalue weighted by molar-refractivity contribution is -0.683. The van der Waals surface area contributed by atoms with E-state index in [2.05, 4.69) is 15.9 Å². The Kier molecular flexibility index (Phi) is 4.71. The van der Waals surface area contributed by atoms with Crippen molar-refractivity contribution < 1.29 is 14.3 Å². The second-order valence-corrected chi connectivity index (χ2v) is 6.15. The molecule has 0 fully saturated rings. The van der Waals surface area contributed by atoms with Gasteiger partial charge in [-0.05, 0) is 54.4 Å². The van der Waals surface area contributed by atoms with Crippen LogP contribution >= 0.6 is 15.9 Å². The summed E-state index contributed by atoms with van der Waals surface area (Å²) in [6.07, 6.45) is 3.58. The van der Waals surface area contributed by atoms with Crippen LogP contribution in [-0.2, 0) is 6.54 Å². The monoisotopic (exact) mass is 363 g/mol. The highest BCUT2D eigenvalue weighted by atomic mass is 79.9. The van der Waals surface area contributed by atoms with Crippen molar-refractivity contribution in [3.05, 3.63) is 67.4 Å². The molecule has 0 bridgehead atoms. The highest BCUT2D eigenvalue weighted by Crippen LogP contribution is 2.29. The number of benzene rings is 1. The Morgan fingerprint density at radius 1 is 1.32 bits per heavy atom. The lowest BCUT2D eigenvalue weighted by atomic mass is 9.94. The largest absolute Gasteiger partial charge is 0.287 e. The molecular weight excluding hydrogens is 348 g/mol. The third kappa shape index (κ3) is 3.22. The van der Waals surface area contributed by atoms with Crippen molar-refractivity contribution in [1.82, 2.24) is 0 Å². The molecule has 0 atom stereocenters. The normalized spacial score (nSPS) is 10.5. The van der Waals surface area contributed by atoms with Crippen LogP contribution in [0.25, 0.3) is 0 Å². The van der Waals surface area contributed by atoms with Crippen LogP contribution in [0.5, 0.6) is 0 Å². The van der Waals surface area contributed by atoms with Crippen molar-refractivity contribution in [3.8, 4) is 0 Å². The van der Waals surface area contributed by atoms with Crippen LogP contribution in [0, 0.1) is 30.9 Å². The Hall–Kier alpha value is -2.08. The Bertz CT molecular complexity index is 772. The van der Waals surface area contributed by atoms with Crippen LogP contribution in [0.3, 0.4) is 0 Å². The van der Waals surface area contributed by atoms with Gasteiger partial charge in [-0.1, -0.05) is 0 Å². The van der Waals surface area contributed by atoms with E-state index >= 15 is 0 Å². The molecule has 2 rings (SSSR count). The van der Waals surface area contributed by atoms with E-state index in [1.165, 1.54) is 0 Å². The molecule has 1 aromatic heterocycles. The second-order valence-electron chi connectivity index (χ2n) is 5.23. The molecule has 1 heterocycles. The average molecular weight is 364 g/mol. The fraction of sp³-hybridized carbons (Fsp3) is 0.250. The summed E-state index contributed by atoms with van der Waals surface area (Å²) >= 11 is 3.36. The number of hydrogen-bond donors (Lipinski definition) is 0. The first-order valence-corrected chi connectivity index (χ1v) is 7.53. The molecule has 5 nitrogen and oxygen atoms in total. The first-order chi connectivity index (χ1) is 10.3. The lowest BCUT2D eigenvalue weighted by Crippen LogP contribution is -2.37. The van der Waals surface area contributed by atoms with Crippen molar-refractivity contribution >= 4 is 27.4 Å². The highest BCUT2D eigenvalue weighted by Gasteiger charge is 2.25. The molecule has 0 radical (unpaired) electrons. The van der Waals surface area contributed by atoms with Gasteiger partial charge >= 0.3 is 0 Å². The van der Waals surface area contributed by atoms with Gasteiger partial charge in [0.05, 0.1) is 9.40 Å². The number of pyridine rings is 1. The van der Waals surface area contributed by atoms with E-state index < -0.39 is 4.92 Å². The predicted molar refractivity (Wildman–Crippen MR) is 86.0 cm³/mol. The Balaban J connectivity index is 2.46. The predicted octanol–water partition coefficient (Wildman–Crippen LogP) is 3.45. The summed E-state index contributed by atoms with van der Waals surface area (Å²) in [5, 5.41) is 11.2. The van der Waals surface area contributed by atoms with E-state index in [-0.39, 0.29) is 18.0 Å². The summed E-state index contributed by atoms with van der Waals surface area (Å²) in [6, 6.07) is 5.40. The van der Waals surface area contributed by atoms with E-state index in [1.54, 1.807) is 36.9 Å². The van der Waals surface area contributed by atoms with Gasteiger partial charge in [-0.2, -0.15) is 4.57 Å². The minimum atomic E-state index is -0.423. The van der Waals surface area contributed by atoms with Crippen molar-refractivity contribution in [1.29, 1.82) is 0 Å². The number of nitro benzene ring substituents is 1. The minimum absolute atomic E-state index is 0.0215. The summed E-state index contributed by atoms with van der Waals surface area (Å²) in [7, 11) is 0. The number of nitro groups is 1. The molecule has 2 aromatic rings. The number of hydrogen-bond acceptors (Lipinski definition) is 3. The number of carbonyl (C=O) groups is 1. The zero-order valence-electron chi connectivity index (χ0n) is 12.6. The van der Waals surface area contributed by atoms with Gasteiger partial charge in [-0.15, -0.1) is 0 Å². The van der Waals surface area contributed by atoms with E-state index in [0.717, 1.165) is 10.0 Å². The Morgan fingerprint density at radius 2 is 2.00 bits per heavy atom. The fourth-order valence-corrected chi connectivity index (χ4v) is 3.13. The van der Waals surface area contributed by atoms with Crippen LogP contribution in [0.1, 0.15) is 27.0 Å². The molecule has 0 unspecified atom stereocenters. The van der Waals surface area contributed by atoms with Gasteiger partial charge in [-0.25, -0.2) is 0 Å². The topological polar surface area (TPSA) is 64.1 Å². The Morgan fingerprint density at radius 3 is 2.59 bits per heavy atom. The van der Waals surface area contributed by atoms with Gasteiger partial charge in [-0.3, -0.25) is 14.9 Å². The number of aromatic nitrogens is 1. The molecule has 0 N–H and O–H groups in total. The summed E-state index contributed by atoms with van der Waals surface area (Å²) in [6.45, 7) is 5.27. The van der Waals surface area contributed by atoms with Gasteiger partial charge < -0.3 is 0 Å². The van der Waals surface area contributed by atoms with Crippen LogP contribution in [-0.4, -0.2) is 10.7 Å². The number of halogens is 1. The molecule has 0 saturated carbocycles. The first-order valence-electron chi connectivity index (χ1n) is 6.74. The number of ketones is 1. The van der Waals surface area contributed by atoms with Gasteiger partial charge in [0.15, 0.2) is 12.4 Å². The first kappa shape index (κ1) is 16.3. The molecule has 0 aliphatic rings. The SMILES string of the molecule is Cc1cc(C)c([N+](=O)[O-])c(C)c1C(=O)C[n+]1cccc(Br)c1. The van der Waals surface area contributed by atoms with Gasteiger partial charge in [0.1, 0.15) is 0 Å². The third-order valence-corrected chi connectivity index (χ3v) is 4.01. The zero-order valence-corrected chi connectivity index (χ0v) is 14.2. The average Bonchev–Trinajstić information content (AvgIpc) is 2.37. The summed E-state index contributed by atoms with van der Waals surface area (Å²) < 4.78 is 2.61. The van der Waals surface area contributed by atoms with Crippen molar-refractivity contribution in [2.24, 2.45) is 0 Å². The van der Waals surface area contributed by atoms with Crippen molar-refractivity contribution in [3.63, 3.8) is 0 Å². The molecule has 114 valence electrons. The van der Waals surface area contributed by atoms with E-state index in [1.807, 2.05) is 19.1 Å². The quantitative estimate of drug-likeness (QED) is 0.361. The lowest BCUT2D eigenvalue weighted by Gasteiger charge is -2.10. The minimum Gasteiger partial charge on any atom is -0.287 e. The van der Waals surface area contributed by atoms with Crippen LogP contribution in [0.2, 0.25) is 0 Å². The fourth-order valence-electron chi connectivity index (χ4n) is 2.72.